The molecule has 0 unspecified atom stereocenters. The Bertz CT molecular complexity index is 750. The van der Waals surface area contributed by atoms with Gasteiger partial charge in [0, 0.05) is 13.1 Å². The summed E-state index contributed by atoms with van der Waals surface area (Å²) in [5.74, 6) is -0.872. The van der Waals surface area contributed by atoms with Gasteiger partial charge in [-0.05, 0) is 42.5 Å². The van der Waals surface area contributed by atoms with E-state index in [0.717, 1.165) is 24.8 Å². The third kappa shape index (κ3) is 5.66. The number of piperidine rings is 1. The van der Waals surface area contributed by atoms with Crippen LogP contribution in [0.3, 0.4) is 0 Å². The predicted octanol–water partition coefficient (Wildman–Crippen LogP) is 3.18. The number of benzene rings is 2. The van der Waals surface area contributed by atoms with Crippen molar-refractivity contribution in [3.05, 3.63) is 71.3 Å². The summed E-state index contributed by atoms with van der Waals surface area (Å²) in [7, 11) is 0. The Morgan fingerprint density at radius 3 is 2.26 bits per heavy atom. The van der Waals surface area contributed by atoms with Crippen LogP contribution >= 0.6 is 0 Å². The van der Waals surface area contributed by atoms with Crippen molar-refractivity contribution in [3.8, 4) is 0 Å². The number of nitrogens with zero attached hydrogens (tertiary/aromatic N) is 1. The average Bonchev–Trinajstić information content (AvgIpc) is 2.70. The van der Waals surface area contributed by atoms with E-state index in [4.69, 9.17) is 9.84 Å². The highest BCUT2D eigenvalue weighted by molar-refractivity contribution is 5.87. The van der Waals surface area contributed by atoms with E-state index in [1.165, 1.54) is 17.7 Å². The molecule has 1 saturated heterocycles. The van der Waals surface area contributed by atoms with Gasteiger partial charge in [0.05, 0.1) is 24.7 Å². The van der Waals surface area contributed by atoms with Gasteiger partial charge in [0.1, 0.15) is 0 Å². The van der Waals surface area contributed by atoms with Gasteiger partial charge in [0.25, 0.3) is 0 Å². The first kappa shape index (κ1) is 19.1. The van der Waals surface area contributed by atoms with Gasteiger partial charge in [0.15, 0.2) is 0 Å². The second-order valence-electron chi connectivity index (χ2n) is 6.87. The Balaban J connectivity index is 1.39. The first-order valence-corrected chi connectivity index (χ1v) is 9.37. The Morgan fingerprint density at radius 2 is 1.63 bits per heavy atom. The number of likely N-dealkylation sites (tertiary alicyclic amines) is 1. The zero-order valence-electron chi connectivity index (χ0n) is 15.3. The molecule has 27 heavy (non-hydrogen) atoms. The van der Waals surface area contributed by atoms with Crippen LogP contribution in [-0.4, -0.2) is 47.7 Å². The van der Waals surface area contributed by atoms with E-state index in [9.17, 15) is 9.59 Å². The number of rotatable bonds is 7. The number of aromatic carboxylic acids is 1. The highest BCUT2D eigenvalue weighted by Crippen LogP contribution is 2.16. The molecule has 1 amide bonds. The minimum absolute atomic E-state index is 0.0841. The topological polar surface area (TPSA) is 66.8 Å². The van der Waals surface area contributed by atoms with Crippen LogP contribution in [0.15, 0.2) is 54.6 Å². The molecule has 5 nitrogen and oxygen atoms in total. The van der Waals surface area contributed by atoms with Gasteiger partial charge in [-0.25, -0.2) is 4.79 Å². The second-order valence-corrected chi connectivity index (χ2v) is 6.87. The summed E-state index contributed by atoms with van der Waals surface area (Å²) in [5.41, 5.74) is 2.35. The van der Waals surface area contributed by atoms with Crippen LogP contribution in [0.2, 0.25) is 0 Å². The number of carbonyl (C=O) groups is 2. The summed E-state index contributed by atoms with van der Waals surface area (Å²) < 4.78 is 5.98. The van der Waals surface area contributed by atoms with E-state index in [0.29, 0.717) is 26.1 Å². The molecular weight excluding hydrogens is 342 g/mol. The van der Waals surface area contributed by atoms with E-state index in [-0.39, 0.29) is 17.6 Å². The van der Waals surface area contributed by atoms with Crippen LogP contribution in [0.25, 0.3) is 0 Å². The number of carboxylic acid groups (broad SMARTS) is 1. The van der Waals surface area contributed by atoms with E-state index >= 15 is 0 Å². The fourth-order valence-corrected chi connectivity index (χ4v) is 3.31. The summed E-state index contributed by atoms with van der Waals surface area (Å²) in [4.78, 5) is 25.2. The third-order valence-corrected chi connectivity index (χ3v) is 4.94. The first-order chi connectivity index (χ1) is 13.1. The zero-order chi connectivity index (χ0) is 19.1. The van der Waals surface area contributed by atoms with Crippen molar-refractivity contribution >= 4 is 11.9 Å². The zero-order valence-corrected chi connectivity index (χ0v) is 15.3. The molecule has 0 atom stereocenters. The molecule has 1 N–H and O–H groups in total. The standard InChI is InChI=1S/C22H25NO4/c24-21(16-18-6-8-19(9-7-18)22(25)26)23-13-10-20(11-14-23)27-15-12-17-4-2-1-3-5-17/h1-9,20H,10-16H2,(H,25,26). The lowest BCUT2D eigenvalue weighted by molar-refractivity contribution is -0.133. The molecule has 3 rings (SSSR count). The van der Waals surface area contributed by atoms with E-state index in [2.05, 4.69) is 12.1 Å². The SMILES string of the molecule is O=C(O)c1ccc(CC(=O)N2CCC(OCCc3ccccc3)CC2)cc1. The molecule has 1 fully saturated rings. The molecule has 0 saturated carbocycles. The maximum absolute atomic E-state index is 12.5. The molecule has 1 aliphatic rings. The summed E-state index contributed by atoms with van der Waals surface area (Å²) in [6, 6.07) is 16.8. The number of hydrogen-bond acceptors (Lipinski definition) is 3. The molecule has 0 aliphatic carbocycles. The lowest BCUT2D eigenvalue weighted by Gasteiger charge is -2.32. The third-order valence-electron chi connectivity index (χ3n) is 4.94. The fourth-order valence-electron chi connectivity index (χ4n) is 3.31. The molecule has 1 heterocycles. The van der Waals surface area contributed by atoms with Gasteiger partial charge in [-0.15, -0.1) is 0 Å². The Kier molecular flexibility index (Phi) is 6.60. The van der Waals surface area contributed by atoms with Crippen molar-refractivity contribution in [1.82, 2.24) is 4.90 Å². The van der Waals surface area contributed by atoms with E-state index in [1.54, 1.807) is 12.1 Å². The number of amides is 1. The molecule has 1 aliphatic heterocycles. The Morgan fingerprint density at radius 1 is 0.963 bits per heavy atom. The molecular formula is C22H25NO4. The van der Waals surface area contributed by atoms with E-state index < -0.39 is 5.97 Å². The minimum atomic E-state index is -0.956. The number of ether oxygens (including phenoxy) is 1. The molecule has 0 spiro atoms. The van der Waals surface area contributed by atoms with Crippen molar-refractivity contribution in [1.29, 1.82) is 0 Å². The van der Waals surface area contributed by atoms with Crippen LogP contribution in [0, 0.1) is 0 Å². The molecule has 0 radical (unpaired) electrons. The van der Waals surface area contributed by atoms with Crippen LogP contribution < -0.4 is 0 Å². The smallest absolute Gasteiger partial charge is 0.335 e. The lowest BCUT2D eigenvalue weighted by atomic mass is 10.0. The monoisotopic (exact) mass is 367 g/mol. The summed E-state index contributed by atoms with van der Waals surface area (Å²) in [6.07, 6.45) is 3.15. The highest BCUT2D eigenvalue weighted by Gasteiger charge is 2.23. The van der Waals surface area contributed by atoms with Crippen LogP contribution in [0.1, 0.15) is 34.3 Å². The first-order valence-electron chi connectivity index (χ1n) is 9.37. The van der Waals surface area contributed by atoms with Gasteiger partial charge < -0.3 is 14.7 Å². The fraction of sp³-hybridized carbons (Fsp3) is 0.364. The van der Waals surface area contributed by atoms with E-state index in [1.807, 2.05) is 23.1 Å². The number of carbonyl (C=O) groups excluding carboxylic acids is 1. The van der Waals surface area contributed by atoms with Gasteiger partial charge in [-0.3, -0.25) is 4.79 Å². The highest BCUT2D eigenvalue weighted by atomic mass is 16.5. The second kappa shape index (κ2) is 9.33. The number of carboxylic acids is 1. The number of hydrogen-bond donors (Lipinski definition) is 1. The van der Waals surface area contributed by atoms with Crippen LogP contribution in [0.4, 0.5) is 0 Å². The Labute approximate surface area is 159 Å². The van der Waals surface area contributed by atoms with Gasteiger partial charge in [-0.2, -0.15) is 0 Å². The molecule has 0 bridgehead atoms. The Hall–Kier alpha value is -2.66. The van der Waals surface area contributed by atoms with Crippen molar-refractivity contribution in [2.24, 2.45) is 0 Å². The minimum Gasteiger partial charge on any atom is -0.478 e. The van der Waals surface area contributed by atoms with Crippen molar-refractivity contribution in [2.45, 2.75) is 31.8 Å². The van der Waals surface area contributed by atoms with Crippen molar-refractivity contribution in [2.75, 3.05) is 19.7 Å². The van der Waals surface area contributed by atoms with Gasteiger partial charge >= 0.3 is 5.97 Å². The molecule has 142 valence electrons. The maximum atomic E-state index is 12.5. The van der Waals surface area contributed by atoms with Gasteiger partial charge in [-0.1, -0.05) is 42.5 Å². The molecule has 0 aromatic heterocycles. The molecule has 2 aromatic carbocycles. The van der Waals surface area contributed by atoms with Crippen LogP contribution in [-0.2, 0) is 22.4 Å². The quantitative estimate of drug-likeness (QED) is 0.816. The van der Waals surface area contributed by atoms with Crippen molar-refractivity contribution < 1.29 is 19.4 Å². The predicted molar refractivity (Wildman–Crippen MR) is 103 cm³/mol. The maximum Gasteiger partial charge on any atom is 0.335 e. The largest absolute Gasteiger partial charge is 0.478 e. The van der Waals surface area contributed by atoms with Crippen LogP contribution in [0.5, 0.6) is 0 Å². The molecule has 2 aromatic rings. The normalized spacial score (nSPS) is 14.9. The molecule has 5 heteroatoms. The summed E-state index contributed by atoms with van der Waals surface area (Å²) in [5, 5.41) is 8.93. The summed E-state index contributed by atoms with van der Waals surface area (Å²) in [6.45, 7) is 2.13. The lowest BCUT2D eigenvalue weighted by Crippen LogP contribution is -2.41. The average molecular weight is 367 g/mol. The van der Waals surface area contributed by atoms with Crippen molar-refractivity contribution in [3.63, 3.8) is 0 Å². The summed E-state index contributed by atoms with van der Waals surface area (Å²) >= 11 is 0. The van der Waals surface area contributed by atoms with Gasteiger partial charge in [0.2, 0.25) is 5.91 Å².